The summed E-state index contributed by atoms with van der Waals surface area (Å²) >= 11 is 0. The molecule has 5 nitrogen and oxygen atoms in total. The van der Waals surface area contributed by atoms with Gasteiger partial charge in [0.1, 0.15) is 11.5 Å². The minimum absolute atomic E-state index is 0.119. The number of hydrogen-bond donors (Lipinski definition) is 1. The Kier molecular flexibility index (Phi) is 5.73. The Morgan fingerprint density at radius 2 is 1.66 bits per heavy atom. The standard InChI is InChI=1S/C27H24N4O/c32-27(23-16-22(17-28-18-23)20-8-3-1-4-9-20)24-12-7-13-26(30-24)31-15-14-29-25(19-31)21-10-5-2-6-11-21/h1-13,16-18,25,29H,14-15,19H2. The van der Waals surface area contributed by atoms with Crippen molar-refractivity contribution in [2.75, 3.05) is 24.5 Å². The Morgan fingerprint density at radius 1 is 0.875 bits per heavy atom. The van der Waals surface area contributed by atoms with Crippen LogP contribution in [0, 0.1) is 0 Å². The number of hydrogen-bond acceptors (Lipinski definition) is 5. The molecule has 2 aromatic heterocycles. The van der Waals surface area contributed by atoms with E-state index in [4.69, 9.17) is 4.98 Å². The average Bonchev–Trinajstić information content (AvgIpc) is 2.89. The van der Waals surface area contributed by atoms with Crippen molar-refractivity contribution in [1.29, 1.82) is 0 Å². The Bertz CT molecular complexity index is 1210. The highest BCUT2D eigenvalue weighted by molar-refractivity contribution is 6.08. The highest BCUT2D eigenvalue weighted by atomic mass is 16.1. The number of carbonyl (C=O) groups excluding carboxylic acids is 1. The molecule has 0 bridgehead atoms. The van der Waals surface area contributed by atoms with Gasteiger partial charge < -0.3 is 10.2 Å². The van der Waals surface area contributed by atoms with E-state index in [1.165, 1.54) is 5.56 Å². The maximum Gasteiger partial charge on any atom is 0.212 e. The van der Waals surface area contributed by atoms with Crippen LogP contribution < -0.4 is 10.2 Å². The molecule has 1 unspecified atom stereocenters. The van der Waals surface area contributed by atoms with Gasteiger partial charge in [-0.2, -0.15) is 0 Å². The van der Waals surface area contributed by atoms with Gasteiger partial charge in [0, 0.05) is 49.2 Å². The number of nitrogens with one attached hydrogen (secondary N) is 1. The van der Waals surface area contributed by atoms with E-state index in [1.807, 2.05) is 54.6 Å². The molecule has 5 heteroatoms. The first-order valence-electron chi connectivity index (χ1n) is 10.8. The molecule has 32 heavy (non-hydrogen) atoms. The Balaban J connectivity index is 1.38. The Labute approximate surface area is 187 Å². The maximum absolute atomic E-state index is 13.2. The van der Waals surface area contributed by atoms with Crippen molar-refractivity contribution < 1.29 is 4.79 Å². The van der Waals surface area contributed by atoms with E-state index in [1.54, 1.807) is 18.5 Å². The topological polar surface area (TPSA) is 58.1 Å². The van der Waals surface area contributed by atoms with Gasteiger partial charge in [0.15, 0.2) is 0 Å². The predicted octanol–water partition coefficient (Wildman–Crippen LogP) is 4.53. The lowest BCUT2D eigenvalue weighted by atomic mass is 10.0. The van der Waals surface area contributed by atoms with E-state index in [0.29, 0.717) is 11.3 Å². The third kappa shape index (κ3) is 4.29. The molecule has 3 heterocycles. The fraction of sp³-hybridized carbons (Fsp3) is 0.148. The molecule has 1 N–H and O–H groups in total. The van der Waals surface area contributed by atoms with Gasteiger partial charge in [0.05, 0.1) is 0 Å². The highest BCUT2D eigenvalue weighted by Gasteiger charge is 2.22. The van der Waals surface area contributed by atoms with Crippen molar-refractivity contribution >= 4 is 11.6 Å². The first kappa shape index (κ1) is 20.1. The lowest BCUT2D eigenvalue weighted by Crippen LogP contribution is -2.46. The number of ketones is 1. The molecule has 1 aliphatic heterocycles. The molecule has 0 aliphatic carbocycles. The van der Waals surface area contributed by atoms with Crippen LogP contribution in [0.3, 0.4) is 0 Å². The third-order valence-electron chi connectivity index (χ3n) is 5.78. The molecular weight excluding hydrogens is 396 g/mol. The van der Waals surface area contributed by atoms with E-state index in [9.17, 15) is 4.79 Å². The molecule has 0 radical (unpaired) electrons. The number of anilines is 1. The van der Waals surface area contributed by atoms with Gasteiger partial charge >= 0.3 is 0 Å². The van der Waals surface area contributed by atoms with Crippen molar-refractivity contribution in [2.24, 2.45) is 0 Å². The summed E-state index contributed by atoms with van der Waals surface area (Å²) in [7, 11) is 0. The van der Waals surface area contributed by atoms with Crippen LogP contribution in [0.15, 0.2) is 97.3 Å². The summed E-state index contributed by atoms with van der Waals surface area (Å²) in [5, 5.41) is 3.58. The summed E-state index contributed by atoms with van der Waals surface area (Å²) < 4.78 is 0. The molecule has 4 aromatic rings. The maximum atomic E-state index is 13.2. The van der Waals surface area contributed by atoms with Crippen molar-refractivity contribution in [3.63, 3.8) is 0 Å². The SMILES string of the molecule is O=C(c1cncc(-c2ccccc2)c1)c1cccc(N2CCNC(c3ccccc3)C2)n1. The zero-order valence-electron chi connectivity index (χ0n) is 17.7. The number of nitrogens with zero attached hydrogens (tertiary/aromatic N) is 3. The second kappa shape index (κ2) is 9.12. The van der Waals surface area contributed by atoms with Gasteiger partial charge in [-0.05, 0) is 29.3 Å². The van der Waals surface area contributed by atoms with Gasteiger partial charge in [0.25, 0.3) is 0 Å². The summed E-state index contributed by atoms with van der Waals surface area (Å²) in [4.78, 5) is 24.5. The Hall–Kier alpha value is -3.83. The molecule has 0 spiro atoms. The fourth-order valence-corrected chi connectivity index (χ4v) is 4.09. The molecule has 158 valence electrons. The second-order valence-corrected chi connectivity index (χ2v) is 7.90. The van der Waals surface area contributed by atoms with Crippen LogP contribution in [0.1, 0.15) is 27.7 Å². The largest absolute Gasteiger partial charge is 0.353 e. The van der Waals surface area contributed by atoms with E-state index in [-0.39, 0.29) is 11.8 Å². The monoisotopic (exact) mass is 420 g/mol. The average molecular weight is 421 g/mol. The second-order valence-electron chi connectivity index (χ2n) is 7.90. The van der Waals surface area contributed by atoms with Gasteiger partial charge in [0.2, 0.25) is 5.78 Å². The molecule has 1 aliphatic rings. The number of pyridine rings is 2. The fourth-order valence-electron chi connectivity index (χ4n) is 4.09. The Morgan fingerprint density at radius 3 is 2.47 bits per heavy atom. The highest BCUT2D eigenvalue weighted by Crippen LogP contribution is 2.23. The van der Waals surface area contributed by atoms with Crippen molar-refractivity contribution in [3.8, 4) is 11.1 Å². The number of aromatic nitrogens is 2. The van der Waals surface area contributed by atoms with E-state index < -0.39 is 0 Å². The zero-order chi connectivity index (χ0) is 21.8. The van der Waals surface area contributed by atoms with Crippen LogP contribution in [-0.4, -0.2) is 35.4 Å². The quantitative estimate of drug-likeness (QED) is 0.481. The van der Waals surface area contributed by atoms with Crippen LogP contribution >= 0.6 is 0 Å². The van der Waals surface area contributed by atoms with Gasteiger partial charge in [-0.25, -0.2) is 4.98 Å². The predicted molar refractivity (Wildman–Crippen MR) is 127 cm³/mol. The molecule has 2 aromatic carbocycles. The number of piperazine rings is 1. The van der Waals surface area contributed by atoms with E-state index in [0.717, 1.165) is 36.6 Å². The number of carbonyl (C=O) groups is 1. The van der Waals surface area contributed by atoms with Crippen molar-refractivity contribution in [2.45, 2.75) is 6.04 Å². The van der Waals surface area contributed by atoms with Gasteiger partial charge in [-0.1, -0.05) is 66.7 Å². The van der Waals surface area contributed by atoms with E-state index >= 15 is 0 Å². The normalized spacial score (nSPS) is 16.0. The lowest BCUT2D eigenvalue weighted by molar-refractivity contribution is 0.103. The van der Waals surface area contributed by atoms with Crippen LogP contribution in [0.25, 0.3) is 11.1 Å². The summed E-state index contributed by atoms with van der Waals surface area (Å²) in [6, 6.07) is 28.2. The summed E-state index contributed by atoms with van der Waals surface area (Å²) in [5.74, 6) is 0.706. The molecule has 5 rings (SSSR count). The number of rotatable bonds is 5. The first-order chi connectivity index (χ1) is 15.8. The summed E-state index contributed by atoms with van der Waals surface area (Å²) in [5.41, 5.74) is 4.18. The summed E-state index contributed by atoms with van der Waals surface area (Å²) in [6.45, 7) is 2.52. The van der Waals surface area contributed by atoms with Crippen LogP contribution in [0.2, 0.25) is 0 Å². The molecule has 1 fully saturated rings. The zero-order valence-corrected chi connectivity index (χ0v) is 17.7. The van der Waals surface area contributed by atoms with Gasteiger partial charge in [-0.15, -0.1) is 0 Å². The number of benzene rings is 2. The lowest BCUT2D eigenvalue weighted by Gasteiger charge is -2.35. The van der Waals surface area contributed by atoms with Crippen LogP contribution in [0.5, 0.6) is 0 Å². The first-order valence-corrected chi connectivity index (χ1v) is 10.8. The van der Waals surface area contributed by atoms with Crippen molar-refractivity contribution in [3.05, 3.63) is 114 Å². The van der Waals surface area contributed by atoms with Crippen LogP contribution in [-0.2, 0) is 0 Å². The molecule has 1 atom stereocenters. The molecule has 0 amide bonds. The molecule has 1 saturated heterocycles. The minimum atomic E-state index is -0.119. The molecular formula is C27H24N4O. The van der Waals surface area contributed by atoms with Crippen LogP contribution in [0.4, 0.5) is 5.82 Å². The van der Waals surface area contributed by atoms with Gasteiger partial charge in [-0.3, -0.25) is 9.78 Å². The summed E-state index contributed by atoms with van der Waals surface area (Å²) in [6.07, 6.45) is 3.39. The van der Waals surface area contributed by atoms with Crippen molar-refractivity contribution in [1.82, 2.24) is 15.3 Å². The smallest absolute Gasteiger partial charge is 0.212 e. The van der Waals surface area contributed by atoms with E-state index in [2.05, 4.69) is 39.5 Å². The third-order valence-corrected chi connectivity index (χ3v) is 5.78. The minimum Gasteiger partial charge on any atom is -0.353 e. The molecule has 0 saturated carbocycles.